The maximum atomic E-state index is 13.1. The molecule has 1 atom stereocenters. The standard InChI is InChI=1S/C19H24FN3O3S/c1-14(23(27(4,25)26)18-11-7-16(20)8-12-18)19(24)21-13-15-5-9-17(10-6-15)22(2)3/h5-12,14H,13H2,1-4H3,(H,21,24). The van der Waals surface area contributed by atoms with Crippen molar-refractivity contribution in [2.45, 2.75) is 19.5 Å². The minimum Gasteiger partial charge on any atom is -0.378 e. The van der Waals surface area contributed by atoms with Gasteiger partial charge in [-0.1, -0.05) is 12.1 Å². The summed E-state index contributed by atoms with van der Waals surface area (Å²) in [6, 6.07) is 11.7. The van der Waals surface area contributed by atoms with E-state index in [0.717, 1.165) is 33.9 Å². The van der Waals surface area contributed by atoms with Crippen LogP contribution in [0.5, 0.6) is 0 Å². The average molecular weight is 393 g/mol. The molecule has 0 saturated carbocycles. The number of amides is 1. The molecule has 0 bridgehead atoms. The minimum absolute atomic E-state index is 0.233. The van der Waals surface area contributed by atoms with E-state index in [-0.39, 0.29) is 12.2 Å². The van der Waals surface area contributed by atoms with E-state index in [0.29, 0.717) is 0 Å². The van der Waals surface area contributed by atoms with E-state index in [1.165, 1.54) is 19.1 Å². The number of nitrogens with zero attached hydrogens (tertiary/aromatic N) is 2. The zero-order chi connectivity index (χ0) is 20.2. The molecule has 0 fully saturated rings. The number of rotatable bonds is 7. The Morgan fingerprint density at radius 3 is 2.04 bits per heavy atom. The number of nitrogens with one attached hydrogen (secondary N) is 1. The minimum atomic E-state index is -3.73. The zero-order valence-corrected chi connectivity index (χ0v) is 16.6. The first-order valence-corrected chi connectivity index (χ1v) is 10.2. The van der Waals surface area contributed by atoms with Crippen LogP contribution in [0.2, 0.25) is 0 Å². The van der Waals surface area contributed by atoms with Gasteiger partial charge in [-0.25, -0.2) is 12.8 Å². The van der Waals surface area contributed by atoms with Gasteiger partial charge in [0.05, 0.1) is 11.9 Å². The Kier molecular flexibility index (Phi) is 6.43. The summed E-state index contributed by atoms with van der Waals surface area (Å²) in [5, 5.41) is 2.75. The highest BCUT2D eigenvalue weighted by atomic mass is 32.2. The molecule has 27 heavy (non-hydrogen) atoms. The summed E-state index contributed by atoms with van der Waals surface area (Å²) in [6.07, 6.45) is 1.01. The van der Waals surface area contributed by atoms with Gasteiger partial charge in [0.1, 0.15) is 11.9 Å². The Morgan fingerprint density at radius 1 is 1.04 bits per heavy atom. The Morgan fingerprint density at radius 2 is 1.56 bits per heavy atom. The number of halogens is 1. The van der Waals surface area contributed by atoms with Crippen LogP contribution in [0.3, 0.4) is 0 Å². The van der Waals surface area contributed by atoms with Crippen molar-refractivity contribution in [1.82, 2.24) is 5.32 Å². The van der Waals surface area contributed by atoms with Crippen molar-refractivity contribution in [2.24, 2.45) is 0 Å². The quantitative estimate of drug-likeness (QED) is 0.784. The molecular weight excluding hydrogens is 369 g/mol. The topological polar surface area (TPSA) is 69.7 Å². The van der Waals surface area contributed by atoms with Crippen molar-refractivity contribution >= 4 is 27.3 Å². The molecule has 146 valence electrons. The van der Waals surface area contributed by atoms with Crippen LogP contribution in [0, 0.1) is 5.82 Å². The first kappa shape index (κ1) is 20.7. The third-order valence-corrected chi connectivity index (χ3v) is 5.33. The van der Waals surface area contributed by atoms with Gasteiger partial charge in [0.15, 0.2) is 0 Å². The molecule has 0 aliphatic heterocycles. The summed E-state index contributed by atoms with van der Waals surface area (Å²) in [5.41, 5.74) is 2.17. The summed E-state index contributed by atoms with van der Waals surface area (Å²) in [5.74, 6) is -0.924. The van der Waals surface area contributed by atoms with Gasteiger partial charge < -0.3 is 10.2 Å². The molecule has 0 heterocycles. The largest absolute Gasteiger partial charge is 0.378 e. The Bertz CT molecular complexity index is 881. The molecule has 0 aliphatic carbocycles. The number of hydrogen-bond donors (Lipinski definition) is 1. The maximum absolute atomic E-state index is 13.1. The maximum Gasteiger partial charge on any atom is 0.243 e. The fourth-order valence-corrected chi connectivity index (χ4v) is 3.82. The number of carbonyl (C=O) groups is 1. The Hall–Kier alpha value is -2.61. The highest BCUT2D eigenvalue weighted by Crippen LogP contribution is 2.21. The van der Waals surface area contributed by atoms with Gasteiger partial charge in [-0.15, -0.1) is 0 Å². The van der Waals surface area contributed by atoms with E-state index in [1.807, 2.05) is 43.3 Å². The van der Waals surface area contributed by atoms with Crippen molar-refractivity contribution in [3.8, 4) is 0 Å². The second-order valence-electron chi connectivity index (χ2n) is 6.49. The fourth-order valence-electron chi connectivity index (χ4n) is 2.65. The van der Waals surface area contributed by atoms with Crippen molar-refractivity contribution in [3.05, 3.63) is 59.9 Å². The van der Waals surface area contributed by atoms with Crippen LogP contribution in [0.25, 0.3) is 0 Å². The molecule has 2 rings (SSSR count). The number of carbonyl (C=O) groups excluding carboxylic acids is 1. The van der Waals surface area contributed by atoms with E-state index in [2.05, 4.69) is 5.32 Å². The molecule has 0 aromatic heterocycles. The molecule has 2 aromatic carbocycles. The van der Waals surface area contributed by atoms with E-state index in [4.69, 9.17) is 0 Å². The number of anilines is 2. The van der Waals surface area contributed by atoms with Gasteiger partial charge in [-0.3, -0.25) is 9.10 Å². The first-order chi connectivity index (χ1) is 12.6. The third kappa shape index (κ3) is 5.43. The lowest BCUT2D eigenvalue weighted by molar-refractivity contribution is -0.122. The molecule has 0 saturated heterocycles. The molecule has 1 unspecified atom stereocenters. The smallest absolute Gasteiger partial charge is 0.243 e. The predicted octanol–water partition coefficient (Wildman–Crippen LogP) is 2.36. The highest BCUT2D eigenvalue weighted by molar-refractivity contribution is 7.92. The van der Waals surface area contributed by atoms with Gasteiger partial charge >= 0.3 is 0 Å². The van der Waals surface area contributed by atoms with Crippen molar-refractivity contribution in [1.29, 1.82) is 0 Å². The molecule has 6 nitrogen and oxygen atoms in total. The van der Waals surface area contributed by atoms with Crippen LogP contribution in [0.1, 0.15) is 12.5 Å². The van der Waals surface area contributed by atoms with Crippen LogP contribution in [-0.4, -0.2) is 40.7 Å². The summed E-state index contributed by atoms with van der Waals surface area (Å²) in [7, 11) is 0.148. The average Bonchev–Trinajstić information content (AvgIpc) is 2.60. The molecule has 8 heteroatoms. The third-order valence-electron chi connectivity index (χ3n) is 4.09. The molecular formula is C19H24FN3O3S. The first-order valence-electron chi connectivity index (χ1n) is 8.38. The summed E-state index contributed by atoms with van der Waals surface area (Å²) < 4.78 is 38.5. The summed E-state index contributed by atoms with van der Waals surface area (Å²) in [6.45, 7) is 1.77. The van der Waals surface area contributed by atoms with Gasteiger partial charge in [0.2, 0.25) is 15.9 Å². The van der Waals surface area contributed by atoms with Gasteiger partial charge in [0.25, 0.3) is 0 Å². The highest BCUT2D eigenvalue weighted by Gasteiger charge is 2.28. The van der Waals surface area contributed by atoms with Gasteiger partial charge in [0, 0.05) is 26.3 Å². The van der Waals surface area contributed by atoms with Crippen LogP contribution in [-0.2, 0) is 21.4 Å². The number of sulfonamides is 1. The van der Waals surface area contributed by atoms with Crippen LogP contribution in [0.4, 0.5) is 15.8 Å². The monoisotopic (exact) mass is 393 g/mol. The number of hydrogen-bond acceptors (Lipinski definition) is 4. The van der Waals surface area contributed by atoms with Gasteiger partial charge in [-0.2, -0.15) is 0 Å². The van der Waals surface area contributed by atoms with Crippen molar-refractivity contribution < 1.29 is 17.6 Å². The molecule has 2 aromatic rings. The lowest BCUT2D eigenvalue weighted by atomic mass is 10.2. The van der Waals surface area contributed by atoms with E-state index in [9.17, 15) is 17.6 Å². The van der Waals surface area contributed by atoms with Crippen molar-refractivity contribution in [3.63, 3.8) is 0 Å². The van der Waals surface area contributed by atoms with E-state index >= 15 is 0 Å². The second kappa shape index (κ2) is 8.39. The van der Waals surface area contributed by atoms with E-state index < -0.39 is 27.8 Å². The predicted molar refractivity (Wildman–Crippen MR) is 106 cm³/mol. The molecule has 1 amide bonds. The van der Waals surface area contributed by atoms with Crippen LogP contribution in [0.15, 0.2) is 48.5 Å². The molecule has 0 aliphatic rings. The lowest BCUT2D eigenvalue weighted by Crippen LogP contribution is -2.47. The number of benzene rings is 2. The Labute approximate surface area is 159 Å². The normalized spacial score (nSPS) is 12.3. The lowest BCUT2D eigenvalue weighted by Gasteiger charge is -2.28. The molecule has 0 radical (unpaired) electrons. The second-order valence-corrected chi connectivity index (χ2v) is 8.35. The van der Waals surface area contributed by atoms with Crippen LogP contribution < -0.4 is 14.5 Å². The summed E-state index contributed by atoms with van der Waals surface area (Å²) in [4.78, 5) is 14.5. The van der Waals surface area contributed by atoms with Gasteiger partial charge in [-0.05, 0) is 48.9 Å². The zero-order valence-electron chi connectivity index (χ0n) is 15.8. The van der Waals surface area contributed by atoms with E-state index in [1.54, 1.807) is 0 Å². The molecule has 0 spiro atoms. The SMILES string of the molecule is CC(C(=O)NCc1ccc(N(C)C)cc1)N(c1ccc(F)cc1)S(C)(=O)=O. The molecule has 1 N–H and O–H groups in total. The Balaban J connectivity index is 2.11. The summed E-state index contributed by atoms with van der Waals surface area (Å²) >= 11 is 0. The van der Waals surface area contributed by atoms with Crippen LogP contribution >= 0.6 is 0 Å². The van der Waals surface area contributed by atoms with Crippen molar-refractivity contribution in [2.75, 3.05) is 29.6 Å². The fraction of sp³-hybridized carbons (Fsp3) is 0.316.